The van der Waals surface area contributed by atoms with E-state index in [0.717, 1.165) is 24.2 Å². The number of hydrogen-bond acceptors (Lipinski definition) is 6. The molecule has 0 bridgehead atoms. The zero-order chi connectivity index (χ0) is 17.1. The minimum Gasteiger partial charge on any atom is -0.465 e. The van der Waals surface area contributed by atoms with Crippen LogP contribution in [-0.4, -0.2) is 28.0 Å². The average Bonchev–Trinajstić information content (AvgIpc) is 3.45. The number of carbonyl (C=O) groups is 1. The summed E-state index contributed by atoms with van der Waals surface area (Å²) in [6.45, 7) is 2.16. The third kappa shape index (κ3) is 3.34. The molecule has 0 radical (unpaired) electrons. The number of pyridine rings is 1. The lowest BCUT2D eigenvalue weighted by Crippen LogP contribution is -2.11. The van der Waals surface area contributed by atoms with Crippen LogP contribution in [0.25, 0.3) is 0 Å². The van der Waals surface area contributed by atoms with Crippen molar-refractivity contribution in [1.82, 2.24) is 15.0 Å². The predicted octanol–water partition coefficient (Wildman–Crippen LogP) is 2.85. The van der Waals surface area contributed by atoms with E-state index in [-0.39, 0.29) is 11.8 Å². The summed E-state index contributed by atoms with van der Waals surface area (Å²) in [6, 6.07) is 3.46. The van der Waals surface area contributed by atoms with Crippen LogP contribution in [0.2, 0.25) is 0 Å². The predicted molar refractivity (Wildman–Crippen MR) is 86.2 cm³/mol. The molecule has 2 heterocycles. The van der Waals surface area contributed by atoms with Crippen molar-refractivity contribution in [3.63, 3.8) is 0 Å². The first kappa shape index (κ1) is 16.3. The molecule has 0 aromatic carbocycles. The summed E-state index contributed by atoms with van der Waals surface area (Å²) in [5.41, 5.74) is 2.37. The van der Waals surface area contributed by atoms with E-state index in [1.807, 2.05) is 6.92 Å². The van der Waals surface area contributed by atoms with E-state index in [9.17, 15) is 9.18 Å². The maximum absolute atomic E-state index is 14.1. The zero-order valence-corrected chi connectivity index (χ0v) is 13.7. The van der Waals surface area contributed by atoms with Gasteiger partial charge in [-0.3, -0.25) is 4.98 Å². The number of esters is 1. The number of aryl methyl sites for hydroxylation is 1. The van der Waals surface area contributed by atoms with E-state index in [1.54, 1.807) is 12.1 Å². The summed E-state index contributed by atoms with van der Waals surface area (Å²) in [5.74, 6) is -0.345. The quantitative estimate of drug-likeness (QED) is 0.821. The molecule has 0 spiro atoms. The van der Waals surface area contributed by atoms with Gasteiger partial charge >= 0.3 is 5.97 Å². The van der Waals surface area contributed by atoms with Gasteiger partial charge in [-0.1, -0.05) is 6.92 Å². The molecule has 6 nitrogen and oxygen atoms in total. The fraction of sp³-hybridized carbons (Fsp3) is 0.412. The van der Waals surface area contributed by atoms with Gasteiger partial charge in [-0.05, 0) is 31.4 Å². The Kier molecular flexibility index (Phi) is 4.69. The maximum Gasteiger partial charge on any atom is 0.339 e. The second-order valence-corrected chi connectivity index (χ2v) is 5.69. The average molecular weight is 330 g/mol. The number of aromatic nitrogens is 3. The number of rotatable bonds is 6. The van der Waals surface area contributed by atoms with Crippen molar-refractivity contribution in [2.24, 2.45) is 0 Å². The topological polar surface area (TPSA) is 77.0 Å². The van der Waals surface area contributed by atoms with Gasteiger partial charge in [-0.15, -0.1) is 0 Å². The Balaban J connectivity index is 1.79. The first-order valence-corrected chi connectivity index (χ1v) is 7.95. The standard InChI is InChI=1S/C17H19FN4O2/c1-3-13-14(18)16(21-9-20-13)19-8-11-6-7-12(17(23)24-2)15(22-11)10-4-5-10/h6-7,9-10H,3-5,8H2,1-2H3,(H,19,20,21). The van der Waals surface area contributed by atoms with E-state index >= 15 is 0 Å². The normalized spacial score (nSPS) is 13.6. The molecule has 1 aliphatic rings. The lowest BCUT2D eigenvalue weighted by atomic mass is 10.1. The van der Waals surface area contributed by atoms with Crippen molar-refractivity contribution in [2.45, 2.75) is 38.6 Å². The molecule has 2 aromatic rings. The summed E-state index contributed by atoms with van der Waals surface area (Å²) >= 11 is 0. The molecule has 1 N–H and O–H groups in total. The van der Waals surface area contributed by atoms with Crippen LogP contribution >= 0.6 is 0 Å². The van der Waals surface area contributed by atoms with E-state index in [0.29, 0.717) is 30.1 Å². The van der Waals surface area contributed by atoms with Crippen molar-refractivity contribution in [3.05, 3.63) is 46.9 Å². The van der Waals surface area contributed by atoms with Crippen LogP contribution in [0.15, 0.2) is 18.5 Å². The smallest absolute Gasteiger partial charge is 0.339 e. The molecule has 1 saturated carbocycles. The van der Waals surface area contributed by atoms with Gasteiger partial charge in [-0.25, -0.2) is 19.2 Å². The molecule has 24 heavy (non-hydrogen) atoms. The Bertz CT molecular complexity index is 762. The fourth-order valence-corrected chi connectivity index (χ4v) is 2.52. The van der Waals surface area contributed by atoms with Crippen molar-refractivity contribution in [3.8, 4) is 0 Å². The summed E-state index contributed by atoms with van der Waals surface area (Å²) in [4.78, 5) is 24.2. The number of halogens is 1. The number of methoxy groups -OCH3 is 1. The monoisotopic (exact) mass is 330 g/mol. The SMILES string of the molecule is CCc1ncnc(NCc2ccc(C(=O)OC)c(C3CC3)n2)c1F. The summed E-state index contributed by atoms with van der Waals surface area (Å²) in [5, 5.41) is 2.95. The van der Waals surface area contributed by atoms with Crippen LogP contribution in [-0.2, 0) is 17.7 Å². The van der Waals surface area contributed by atoms with Crippen LogP contribution < -0.4 is 5.32 Å². The van der Waals surface area contributed by atoms with Crippen LogP contribution in [0.4, 0.5) is 10.2 Å². The fourth-order valence-electron chi connectivity index (χ4n) is 2.52. The highest BCUT2D eigenvalue weighted by Crippen LogP contribution is 2.40. The molecule has 0 aliphatic heterocycles. The minimum atomic E-state index is -0.436. The highest BCUT2D eigenvalue weighted by Gasteiger charge is 2.30. The molecule has 2 aromatic heterocycles. The molecule has 7 heteroatoms. The van der Waals surface area contributed by atoms with Crippen LogP contribution in [0.1, 0.15) is 53.1 Å². The van der Waals surface area contributed by atoms with Crippen molar-refractivity contribution < 1.29 is 13.9 Å². The Morgan fingerprint density at radius 1 is 1.38 bits per heavy atom. The molecular formula is C17H19FN4O2. The molecular weight excluding hydrogens is 311 g/mol. The molecule has 126 valence electrons. The number of nitrogens with one attached hydrogen (secondary N) is 1. The van der Waals surface area contributed by atoms with Crippen molar-refractivity contribution >= 4 is 11.8 Å². The highest BCUT2D eigenvalue weighted by atomic mass is 19.1. The van der Waals surface area contributed by atoms with Crippen LogP contribution in [0, 0.1) is 5.82 Å². The Labute approximate surface area is 139 Å². The van der Waals surface area contributed by atoms with Crippen LogP contribution in [0.5, 0.6) is 0 Å². The number of carbonyl (C=O) groups excluding carboxylic acids is 1. The third-order valence-electron chi connectivity index (χ3n) is 3.99. The van der Waals surface area contributed by atoms with E-state index in [4.69, 9.17) is 4.74 Å². The lowest BCUT2D eigenvalue weighted by molar-refractivity contribution is 0.0598. The summed E-state index contributed by atoms with van der Waals surface area (Å²) < 4.78 is 18.9. The largest absolute Gasteiger partial charge is 0.465 e. The van der Waals surface area contributed by atoms with E-state index < -0.39 is 5.82 Å². The van der Waals surface area contributed by atoms with E-state index in [1.165, 1.54) is 13.4 Å². The van der Waals surface area contributed by atoms with Crippen molar-refractivity contribution in [2.75, 3.05) is 12.4 Å². The lowest BCUT2D eigenvalue weighted by Gasteiger charge is -2.11. The first-order chi connectivity index (χ1) is 11.6. The van der Waals surface area contributed by atoms with Crippen LogP contribution in [0.3, 0.4) is 0 Å². The number of hydrogen-bond donors (Lipinski definition) is 1. The van der Waals surface area contributed by atoms with Gasteiger partial charge in [0, 0.05) is 5.92 Å². The Morgan fingerprint density at radius 2 is 2.17 bits per heavy atom. The number of ether oxygens (including phenoxy) is 1. The zero-order valence-electron chi connectivity index (χ0n) is 13.7. The van der Waals surface area contributed by atoms with Gasteiger partial charge in [0.15, 0.2) is 11.6 Å². The second-order valence-electron chi connectivity index (χ2n) is 5.69. The summed E-state index contributed by atoms with van der Waals surface area (Å²) in [6.07, 6.45) is 3.89. The highest BCUT2D eigenvalue weighted by molar-refractivity contribution is 5.90. The first-order valence-electron chi connectivity index (χ1n) is 7.95. The Morgan fingerprint density at radius 3 is 2.83 bits per heavy atom. The molecule has 1 fully saturated rings. The molecule has 1 aliphatic carbocycles. The minimum absolute atomic E-state index is 0.161. The second kappa shape index (κ2) is 6.90. The molecule has 3 rings (SSSR count). The molecule has 0 amide bonds. The van der Waals surface area contributed by atoms with Gasteiger partial charge in [0.2, 0.25) is 0 Å². The Hall–Kier alpha value is -2.57. The number of anilines is 1. The third-order valence-corrected chi connectivity index (χ3v) is 3.99. The number of nitrogens with zero attached hydrogens (tertiary/aromatic N) is 3. The molecule has 0 unspecified atom stereocenters. The van der Waals surface area contributed by atoms with Crippen molar-refractivity contribution in [1.29, 1.82) is 0 Å². The van der Waals surface area contributed by atoms with E-state index in [2.05, 4.69) is 20.3 Å². The molecule has 0 atom stereocenters. The van der Waals surface area contributed by atoms with Gasteiger partial charge < -0.3 is 10.1 Å². The van der Waals surface area contributed by atoms with Gasteiger partial charge in [0.25, 0.3) is 0 Å². The van der Waals surface area contributed by atoms with Gasteiger partial charge in [0.1, 0.15) is 6.33 Å². The maximum atomic E-state index is 14.1. The summed E-state index contributed by atoms with van der Waals surface area (Å²) in [7, 11) is 1.36. The van der Waals surface area contributed by atoms with Gasteiger partial charge in [-0.2, -0.15) is 0 Å². The molecule has 0 saturated heterocycles. The van der Waals surface area contributed by atoms with Gasteiger partial charge in [0.05, 0.1) is 36.3 Å².